The second-order valence-electron chi connectivity index (χ2n) is 5.36. The monoisotopic (exact) mass is 316 g/mol. The van der Waals surface area contributed by atoms with Crippen molar-refractivity contribution in [3.63, 3.8) is 0 Å². The summed E-state index contributed by atoms with van der Waals surface area (Å²) >= 11 is 0. The van der Waals surface area contributed by atoms with Gasteiger partial charge >= 0.3 is 0 Å². The predicted octanol–water partition coefficient (Wildman–Crippen LogP) is 1.33. The molecular weight excluding hydrogens is 295 g/mol. The molecule has 7 heteroatoms. The molecule has 0 heterocycles. The van der Waals surface area contributed by atoms with Crippen molar-refractivity contribution in [2.24, 2.45) is 5.73 Å². The molecule has 2 N–H and O–H groups in total. The maximum atomic E-state index is 13.0. The summed E-state index contributed by atoms with van der Waals surface area (Å²) < 4.78 is 35.1. The number of benzene rings is 1. The number of nitrogens with two attached hydrogens (primary N) is 1. The second-order valence-corrected chi connectivity index (χ2v) is 7.92. The van der Waals surface area contributed by atoms with Gasteiger partial charge in [-0.15, -0.1) is 0 Å². The van der Waals surface area contributed by atoms with Crippen LogP contribution in [-0.2, 0) is 14.6 Å². The molecule has 0 aliphatic carbocycles. The van der Waals surface area contributed by atoms with Crippen LogP contribution in [0.5, 0.6) is 0 Å². The van der Waals surface area contributed by atoms with Gasteiger partial charge in [0.05, 0.1) is 0 Å². The van der Waals surface area contributed by atoms with E-state index < -0.39 is 26.3 Å². The van der Waals surface area contributed by atoms with Crippen LogP contribution in [0.25, 0.3) is 0 Å². The number of hydrogen-bond acceptors (Lipinski definition) is 4. The van der Waals surface area contributed by atoms with Crippen molar-refractivity contribution in [2.45, 2.75) is 25.0 Å². The summed E-state index contributed by atoms with van der Waals surface area (Å²) in [5.74, 6) is -0.975. The van der Waals surface area contributed by atoms with Crippen molar-refractivity contribution >= 4 is 21.4 Å². The third-order valence-corrected chi connectivity index (χ3v) is 5.44. The Labute approximate surface area is 124 Å². The second kappa shape index (κ2) is 6.53. The molecule has 1 aromatic rings. The fraction of sp³-hybridized carbons (Fsp3) is 0.500. The van der Waals surface area contributed by atoms with E-state index >= 15 is 0 Å². The molecule has 0 aliphatic heterocycles. The number of hydrogen-bond donors (Lipinski definition) is 1. The Kier molecular flexibility index (Phi) is 5.47. The van der Waals surface area contributed by atoms with Crippen LogP contribution in [0.3, 0.4) is 0 Å². The fourth-order valence-electron chi connectivity index (χ4n) is 1.70. The molecule has 0 fully saturated rings. The first-order valence-electron chi connectivity index (χ1n) is 6.58. The number of amides is 1. The molecule has 5 nitrogen and oxygen atoms in total. The van der Waals surface area contributed by atoms with Gasteiger partial charge < -0.3 is 10.6 Å². The Morgan fingerprint density at radius 1 is 1.29 bits per heavy atom. The van der Waals surface area contributed by atoms with Crippen LogP contribution >= 0.6 is 0 Å². The first-order chi connectivity index (χ1) is 9.61. The molecule has 0 atom stereocenters. The van der Waals surface area contributed by atoms with Gasteiger partial charge in [0.2, 0.25) is 5.91 Å². The highest BCUT2D eigenvalue weighted by molar-refractivity contribution is 7.92. The lowest BCUT2D eigenvalue weighted by atomic mass is 10.1. The minimum absolute atomic E-state index is 0.278. The summed E-state index contributed by atoms with van der Waals surface area (Å²) in [6.07, 6.45) is 1.54. The van der Waals surface area contributed by atoms with E-state index in [1.807, 2.05) is 0 Å². The molecule has 0 spiro atoms. The van der Waals surface area contributed by atoms with Crippen molar-refractivity contribution in [1.82, 2.24) is 0 Å². The van der Waals surface area contributed by atoms with Gasteiger partial charge in [-0.05, 0) is 51.1 Å². The Morgan fingerprint density at radius 3 is 2.24 bits per heavy atom. The van der Waals surface area contributed by atoms with Gasteiger partial charge in [-0.3, -0.25) is 4.79 Å². The topological polar surface area (TPSA) is 80.5 Å². The van der Waals surface area contributed by atoms with Crippen molar-refractivity contribution in [3.05, 3.63) is 30.1 Å². The number of carbonyl (C=O) groups is 1. The summed E-state index contributed by atoms with van der Waals surface area (Å²) in [4.78, 5) is 14.0. The largest absolute Gasteiger partial charge is 0.330 e. The third-order valence-electron chi connectivity index (χ3n) is 3.41. The molecule has 118 valence electrons. The standard InChI is InChI=1S/C14H21FN2O3S/c1-14(2,21(3,19)20)13(18)17(10-4-9-16)12-7-5-11(15)6-8-12/h5-8H,4,9-10,16H2,1-3H3. The zero-order valence-electron chi connectivity index (χ0n) is 12.5. The SMILES string of the molecule is CC(C)(C(=O)N(CCCN)c1ccc(F)cc1)S(C)(=O)=O. The van der Waals surface area contributed by atoms with Gasteiger partial charge in [-0.2, -0.15) is 0 Å². The van der Waals surface area contributed by atoms with Crippen LogP contribution in [0.15, 0.2) is 24.3 Å². The number of halogens is 1. The molecular formula is C14H21FN2O3S. The minimum atomic E-state index is -3.58. The van der Waals surface area contributed by atoms with E-state index in [1.165, 1.54) is 43.0 Å². The highest BCUT2D eigenvalue weighted by atomic mass is 32.2. The lowest BCUT2D eigenvalue weighted by Crippen LogP contribution is -2.50. The van der Waals surface area contributed by atoms with E-state index in [-0.39, 0.29) is 6.54 Å². The van der Waals surface area contributed by atoms with Crippen molar-refractivity contribution in [1.29, 1.82) is 0 Å². The molecule has 0 aromatic heterocycles. The maximum Gasteiger partial charge on any atom is 0.247 e. The first-order valence-corrected chi connectivity index (χ1v) is 8.47. The molecule has 0 aliphatic rings. The third kappa shape index (κ3) is 4.01. The highest BCUT2D eigenvalue weighted by Gasteiger charge is 2.41. The number of nitrogens with zero attached hydrogens (tertiary/aromatic N) is 1. The molecule has 1 amide bonds. The quantitative estimate of drug-likeness (QED) is 0.858. The van der Waals surface area contributed by atoms with Crippen molar-refractivity contribution in [3.8, 4) is 0 Å². The molecule has 1 aromatic carbocycles. The Morgan fingerprint density at radius 2 is 1.81 bits per heavy atom. The van der Waals surface area contributed by atoms with E-state index in [0.717, 1.165) is 6.26 Å². The molecule has 1 rings (SSSR count). The minimum Gasteiger partial charge on any atom is -0.330 e. The van der Waals surface area contributed by atoms with E-state index in [1.54, 1.807) is 0 Å². The Hall–Kier alpha value is -1.47. The van der Waals surface area contributed by atoms with Gasteiger partial charge in [0.1, 0.15) is 10.6 Å². The first kappa shape index (κ1) is 17.6. The van der Waals surface area contributed by atoms with E-state index in [9.17, 15) is 17.6 Å². The summed E-state index contributed by atoms with van der Waals surface area (Å²) in [7, 11) is -3.58. The van der Waals surface area contributed by atoms with Crippen LogP contribution in [0.1, 0.15) is 20.3 Å². The van der Waals surface area contributed by atoms with Crippen molar-refractivity contribution < 1.29 is 17.6 Å². The van der Waals surface area contributed by atoms with E-state index in [4.69, 9.17) is 5.73 Å². The van der Waals surface area contributed by atoms with Crippen LogP contribution in [0.2, 0.25) is 0 Å². The Bertz CT molecular complexity index is 597. The normalized spacial score (nSPS) is 12.2. The number of sulfone groups is 1. The van der Waals surface area contributed by atoms with E-state index in [0.29, 0.717) is 18.7 Å². The fourth-order valence-corrected chi connectivity index (χ4v) is 2.13. The van der Waals surface area contributed by atoms with Gasteiger partial charge in [-0.25, -0.2) is 12.8 Å². The Balaban J connectivity index is 3.19. The lowest BCUT2D eigenvalue weighted by molar-refractivity contribution is -0.120. The lowest BCUT2D eigenvalue weighted by Gasteiger charge is -2.30. The van der Waals surface area contributed by atoms with Crippen LogP contribution in [0, 0.1) is 5.82 Å². The van der Waals surface area contributed by atoms with Gasteiger partial charge in [0.15, 0.2) is 9.84 Å². The van der Waals surface area contributed by atoms with Crippen LogP contribution < -0.4 is 10.6 Å². The van der Waals surface area contributed by atoms with Gasteiger partial charge in [-0.1, -0.05) is 0 Å². The molecule has 0 bridgehead atoms. The number of rotatable bonds is 6. The van der Waals surface area contributed by atoms with E-state index in [2.05, 4.69) is 0 Å². The molecule has 21 heavy (non-hydrogen) atoms. The maximum absolute atomic E-state index is 13.0. The molecule has 0 unspecified atom stereocenters. The van der Waals surface area contributed by atoms with Crippen molar-refractivity contribution in [2.75, 3.05) is 24.2 Å². The highest BCUT2D eigenvalue weighted by Crippen LogP contribution is 2.24. The molecule has 0 radical (unpaired) electrons. The zero-order valence-corrected chi connectivity index (χ0v) is 13.3. The van der Waals surface area contributed by atoms with Gasteiger partial charge in [0.25, 0.3) is 0 Å². The predicted molar refractivity (Wildman–Crippen MR) is 81.3 cm³/mol. The summed E-state index contributed by atoms with van der Waals surface area (Å²) in [5, 5.41) is 0. The average molecular weight is 316 g/mol. The van der Waals surface area contributed by atoms with Crippen LogP contribution in [-0.4, -0.2) is 38.4 Å². The number of anilines is 1. The smallest absolute Gasteiger partial charge is 0.247 e. The average Bonchev–Trinajstić information content (AvgIpc) is 2.39. The van der Waals surface area contributed by atoms with Gasteiger partial charge in [0, 0.05) is 18.5 Å². The summed E-state index contributed by atoms with van der Waals surface area (Å²) in [6.45, 7) is 3.37. The summed E-state index contributed by atoms with van der Waals surface area (Å²) in [6, 6.07) is 5.35. The zero-order chi connectivity index (χ0) is 16.3. The molecule has 0 saturated carbocycles. The van der Waals surface area contributed by atoms with Crippen LogP contribution in [0.4, 0.5) is 10.1 Å². The number of carbonyl (C=O) groups excluding carboxylic acids is 1. The molecule has 0 saturated heterocycles. The summed E-state index contributed by atoms with van der Waals surface area (Å²) in [5.41, 5.74) is 5.91.